The molecule has 0 amide bonds. The Labute approximate surface area is 161 Å². The van der Waals surface area contributed by atoms with Crippen LogP contribution in [0.4, 0.5) is 4.39 Å². The zero-order chi connectivity index (χ0) is 19.1. The van der Waals surface area contributed by atoms with Crippen LogP contribution in [-0.2, 0) is 4.74 Å². The fraction of sp³-hybridized carbons (Fsp3) is 0.565. The second-order valence-corrected chi connectivity index (χ2v) is 7.95. The smallest absolute Gasteiger partial charge is 0.196 e. The van der Waals surface area contributed by atoms with E-state index in [-0.39, 0.29) is 12.0 Å². The summed E-state index contributed by atoms with van der Waals surface area (Å²) in [5.74, 6) is 0.769. The summed E-state index contributed by atoms with van der Waals surface area (Å²) in [5.41, 5.74) is 2.07. The standard InChI is InChI=1S/C23H27FN2O/c24-22(15-26)13-17-5-11-23(12-6-17)27-16-19-3-9-21(10-4-19)20-7-1-18(14-25)2-8-20/h1-2,7-8,13,17,19,21,23H,3-6,9-12,16H2/b22-13-. The summed E-state index contributed by atoms with van der Waals surface area (Å²) < 4.78 is 19.2. The SMILES string of the molecule is N#C/C(F)=C/C1CCC(OCC2CCC(c3ccc(C#N)cc3)CC2)CC1. The lowest BCUT2D eigenvalue weighted by atomic mass is 9.79. The summed E-state index contributed by atoms with van der Waals surface area (Å²) in [6, 6.07) is 11.8. The summed E-state index contributed by atoms with van der Waals surface area (Å²) in [5, 5.41) is 17.4. The monoisotopic (exact) mass is 366 g/mol. The third kappa shape index (κ3) is 5.65. The molecule has 1 aromatic rings. The summed E-state index contributed by atoms with van der Waals surface area (Å²) in [7, 11) is 0. The van der Waals surface area contributed by atoms with E-state index < -0.39 is 5.83 Å². The van der Waals surface area contributed by atoms with Crippen LogP contribution < -0.4 is 0 Å². The van der Waals surface area contributed by atoms with Crippen LogP contribution in [0.3, 0.4) is 0 Å². The van der Waals surface area contributed by atoms with Crippen molar-refractivity contribution < 1.29 is 9.13 Å². The third-order valence-corrected chi connectivity index (χ3v) is 6.13. The fourth-order valence-electron chi connectivity index (χ4n) is 4.43. The molecule has 0 saturated heterocycles. The molecule has 0 atom stereocenters. The van der Waals surface area contributed by atoms with E-state index in [0.29, 0.717) is 11.8 Å². The maximum Gasteiger partial charge on any atom is 0.196 e. The second-order valence-electron chi connectivity index (χ2n) is 7.95. The summed E-state index contributed by atoms with van der Waals surface area (Å²) >= 11 is 0. The van der Waals surface area contributed by atoms with Crippen LogP contribution in [0.25, 0.3) is 0 Å². The number of rotatable bonds is 5. The molecule has 0 N–H and O–H groups in total. The number of allylic oxidation sites excluding steroid dienone is 2. The van der Waals surface area contributed by atoms with Crippen LogP contribution in [0, 0.1) is 34.5 Å². The quantitative estimate of drug-likeness (QED) is 0.620. The molecule has 2 aliphatic rings. The minimum atomic E-state index is -0.654. The van der Waals surface area contributed by atoms with E-state index in [0.717, 1.165) is 37.9 Å². The van der Waals surface area contributed by atoms with Crippen LogP contribution in [0.2, 0.25) is 0 Å². The normalized spacial score (nSPS) is 28.9. The van der Waals surface area contributed by atoms with Crippen molar-refractivity contribution in [2.24, 2.45) is 11.8 Å². The number of nitriles is 2. The Morgan fingerprint density at radius 2 is 1.67 bits per heavy atom. The van der Waals surface area contributed by atoms with Crippen LogP contribution >= 0.6 is 0 Å². The van der Waals surface area contributed by atoms with Crippen molar-refractivity contribution in [3.8, 4) is 12.1 Å². The molecular formula is C23H27FN2O. The molecule has 0 radical (unpaired) electrons. The summed E-state index contributed by atoms with van der Waals surface area (Å²) in [6.07, 6.45) is 10.2. The van der Waals surface area contributed by atoms with E-state index in [2.05, 4.69) is 18.2 Å². The molecule has 142 valence electrons. The Kier molecular flexibility index (Phi) is 7.02. The number of benzene rings is 1. The highest BCUT2D eigenvalue weighted by molar-refractivity contribution is 5.33. The minimum Gasteiger partial charge on any atom is -0.378 e. The largest absolute Gasteiger partial charge is 0.378 e. The van der Waals surface area contributed by atoms with Crippen molar-refractivity contribution >= 4 is 0 Å². The maximum absolute atomic E-state index is 13.1. The number of nitrogens with zero attached hydrogens (tertiary/aromatic N) is 2. The number of hydrogen-bond donors (Lipinski definition) is 0. The van der Waals surface area contributed by atoms with Gasteiger partial charge >= 0.3 is 0 Å². The van der Waals surface area contributed by atoms with Gasteiger partial charge in [-0.15, -0.1) is 0 Å². The average Bonchev–Trinajstić information content (AvgIpc) is 2.73. The fourth-order valence-corrected chi connectivity index (χ4v) is 4.43. The van der Waals surface area contributed by atoms with E-state index in [9.17, 15) is 4.39 Å². The Balaban J connectivity index is 1.36. The van der Waals surface area contributed by atoms with Gasteiger partial charge in [-0.05, 0) is 92.9 Å². The third-order valence-electron chi connectivity index (χ3n) is 6.13. The van der Waals surface area contributed by atoms with Gasteiger partial charge < -0.3 is 4.74 Å². The first-order chi connectivity index (χ1) is 13.2. The van der Waals surface area contributed by atoms with E-state index in [4.69, 9.17) is 15.3 Å². The highest BCUT2D eigenvalue weighted by Gasteiger charge is 2.25. The Morgan fingerprint density at radius 3 is 2.26 bits per heavy atom. The molecule has 2 aliphatic carbocycles. The van der Waals surface area contributed by atoms with Crippen molar-refractivity contribution in [1.82, 2.24) is 0 Å². The zero-order valence-corrected chi connectivity index (χ0v) is 15.7. The van der Waals surface area contributed by atoms with Crippen molar-refractivity contribution in [2.45, 2.75) is 63.4 Å². The van der Waals surface area contributed by atoms with E-state index in [1.807, 2.05) is 12.1 Å². The maximum atomic E-state index is 13.1. The lowest BCUT2D eigenvalue weighted by Crippen LogP contribution is -2.25. The second kappa shape index (κ2) is 9.67. The molecular weight excluding hydrogens is 339 g/mol. The number of halogens is 1. The van der Waals surface area contributed by atoms with E-state index in [1.54, 1.807) is 6.07 Å². The molecule has 4 heteroatoms. The molecule has 3 rings (SSSR count). The Morgan fingerprint density at radius 1 is 1.00 bits per heavy atom. The Bertz CT molecular complexity index is 712. The van der Waals surface area contributed by atoms with Crippen LogP contribution in [-0.4, -0.2) is 12.7 Å². The topological polar surface area (TPSA) is 56.8 Å². The van der Waals surface area contributed by atoms with Gasteiger partial charge in [0.1, 0.15) is 6.07 Å². The van der Waals surface area contributed by atoms with Crippen molar-refractivity contribution in [3.05, 3.63) is 47.3 Å². The summed E-state index contributed by atoms with van der Waals surface area (Å²) in [6.45, 7) is 0.831. The van der Waals surface area contributed by atoms with Gasteiger partial charge in [0.25, 0.3) is 0 Å². The van der Waals surface area contributed by atoms with Gasteiger partial charge in [-0.25, -0.2) is 0 Å². The molecule has 27 heavy (non-hydrogen) atoms. The van der Waals surface area contributed by atoms with E-state index >= 15 is 0 Å². The first-order valence-corrected chi connectivity index (χ1v) is 10.1. The molecule has 2 fully saturated rings. The van der Waals surface area contributed by atoms with Gasteiger partial charge in [-0.3, -0.25) is 0 Å². The van der Waals surface area contributed by atoms with Crippen molar-refractivity contribution in [2.75, 3.05) is 6.61 Å². The van der Waals surface area contributed by atoms with Crippen LogP contribution in [0.5, 0.6) is 0 Å². The lowest BCUT2D eigenvalue weighted by molar-refractivity contribution is -0.00465. The van der Waals surface area contributed by atoms with Gasteiger partial charge in [0.2, 0.25) is 0 Å². The first-order valence-electron chi connectivity index (χ1n) is 10.1. The highest BCUT2D eigenvalue weighted by atomic mass is 19.1. The van der Waals surface area contributed by atoms with Gasteiger partial charge in [-0.1, -0.05) is 12.1 Å². The van der Waals surface area contributed by atoms with Gasteiger partial charge in [0.15, 0.2) is 5.83 Å². The molecule has 1 aromatic carbocycles. The summed E-state index contributed by atoms with van der Waals surface area (Å²) in [4.78, 5) is 0. The molecule has 0 spiro atoms. The first kappa shape index (κ1) is 19.6. The van der Waals surface area contributed by atoms with E-state index in [1.165, 1.54) is 37.3 Å². The zero-order valence-electron chi connectivity index (χ0n) is 15.7. The molecule has 0 bridgehead atoms. The Hall–Kier alpha value is -2.17. The van der Waals surface area contributed by atoms with Gasteiger partial charge in [0.05, 0.1) is 17.7 Å². The predicted molar refractivity (Wildman–Crippen MR) is 102 cm³/mol. The van der Waals surface area contributed by atoms with Crippen LogP contribution in [0.1, 0.15) is 68.4 Å². The molecule has 3 nitrogen and oxygen atoms in total. The predicted octanol–water partition coefficient (Wildman–Crippen LogP) is 5.78. The highest BCUT2D eigenvalue weighted by Crippen LogP contribution is 2.36. The average molecular weight is 366 g/mol. The lowest BCUT2D eigenvalue weighted by Gasteiger charge is -2.32. The minimum absolute atomic E-state index is 0.187. The van der Waals surface area contributed by atoms with Crippen LogP contribution in [0.15, 0.2) is 36.2 Å². The molecule has 0 aliphatic heterocycles. The molecule has 2 saturated carbocycles. The van der Waals surface area contributed by atoms with Crippen molar-refractivity contribution in [3.63, 3.8) is 0 Å². The van der Waals surface area contributed by atoms with Gasteiger partial charge in [0, 0.05) is 6.61 Å². The van der Waals surface area contributed by atoms with Crippen molar-refractivity contribution in [1.29, 1.82) is 10.5 Å². The number of ether oxygens (including phenoxy) is 1. The molecule has 0 unspecified atom stereocenters. The molecule has 0 aromatic heterocycles. The number of hydrogen-bond acceptors (Lipinski definition) is 3. The van der Waals surface area contributed by atoms with Gasteiger partial charge in [-0.2, -0.15) is 14.9 Å². The molecule has 0 heterocycles.